The molecule has 2 saturated carbocycles. The molecule has 0 aromatic rings. The highest BCUT2D eigenvalue weighted by atomic mass is 14.5. The summed E-state index contributed by atoms with van der Waals surface area (Å²) in [6.07, 6.45) is 6.13. The smallest absolute Gasteiger partial charge is 0.0355 e. The van der Waals surface area contributed by atoms with Gasteiger partial charge in [0.05, 0.1) is 0 Å². The molecule has 2 aliphatic carbocycles. The maximum Gasteiger partial charge on any atom is -0.0355 e. The van der Waals surface area contributed by atoms with E-state index in [1.807, 2.05) is 0 Å². The van der Waals surface area contributed by atoms with Gasteiger partial charge in [-0.15, -0.1) is 0 Å². The summed E-state index contributed by atoms with van der Waals surface area (Å²) in [5.74, 6) is 3.53. The third kappa shape index (κ3) is 0.519. The molecular formula is C8H14. The van der Waals surface area contributed by atoms with Gasteiger partial charge in [-0.3, -0.25) is 0 Å². The van der Waals surface area contributed by atoms with Crippen molar-refractivity contribution >= 4 is 0 Å². The third-order valence-electron chi connectivity index (χ3n) is 3.02. The monoisotopic (exact) mass is 110 g/mol. The van der Waals surface area contributed by atoms with Crippen LogP contribution in [0, 0.1) is 17.8 Å². The van der Waals surface area contributed by atoms with E-state index in [2.05, 4.69) is 6.92 Å². The second kappa shape index (κ2) is 1.49. The first-order valence-electron chi connectivity index (χ1n) is 3.92. The van der Waals surface area contributed by atoms with Gasteiger partial charge in [0.25, 0.3) is 0 Å². The molecule has 8 heavy (non-hydrogen) atoms. The highest BCUT2D eigenvalue weighted by Crippen LogP contribution is 2.56. The van der Waals surface area contributed by atoms with Crippen LogP contribution in [0.15, 0.2) is 0 Å². The van der Waals surface area contributed by atoms with Crippen molar-refractivity contribution in [2.75, 3.05) is 0 Å². The second-order valence-electron chi connectivity index (χ2n) is 3.41. The van der Waals surface area contributed by atoms with Crippen LogP contribution in [-0.4, -0.2) is 0 Å². The fourth-order valence-corrected chi connectivity index (χ4v) is 2.33. The van der Waals surface area contributed by atoms with Crippen molar-refractivity contribution in [1.29, 1.82) is 0 Å². The molecule has 0 amide bonds. The molecule has 2 rings (SSSR count). The quantitative estimate of drug-likeness (QED) is 0.486. The molecule has 0 aliphatic heterocycles. The van der Waals surface area contributed by atoms with Crippen molar-refractivity contribution < 1.29 is 0 Å². The van der Waals surface area contributed by atoms with Crippen molar-refractivity contribution in [3.8, 4) is 0 Å². The fraction of sp³-hybridized carbons (Fsp3) is 1.00. The summed E-state index contributed by atoms with van der Waals surface area (Å²) in [6, 6.07) is 0. The van der Waals surface area contributed by atoms with E-state index in [4.69, 9.17) is 0 Å². The maximum atomic E-state index is 2.34. The van der Waals surface area contributed by atoms with Crippen LogP contribution >= 0.6 is 0 Å². The van der Waals surface area contributed by atoms with E-state index in [0.29, 0.717) is 0 Å². The lowest BCUT2D eigenvalue weighted by atomic mass is 10.0. The molecule has 0 saturated heterocycles. The molecule has 0 heterocycles. The van der Waals surface area contributed by atoms with E-state index in [9.17, 15) is 0 Å². The zero-order valence-corrected chi connectivity index (χ0v) is 5.56. The Morgan fingerprint density at radius 3 is 2.50 bits per heavy atom. The molecule has 3 atom stereocenters. The van der Waals surface area contributed by atoms with E-state index in [-0.39, 0.29) is 0 Å². The summed E-state index contributed by atoms with van der Waals surface area (Å²) in [6.45, 7) is 2.34. The number of fused-ring (bicyclic) bond motifs is 1. The molecular weight excluding hydrogens is 96.1 g/mol. The minimum absolute atomic E-state index is 1.14. The van der Waals surface area contributed by atoms with Gasteiger partial charge < -0.3 is 0 Å². The zero-order valence-electron chi connectivity index (χ0n) is 5.56. The first-order valence-corrected chi connectivity index (χ1v) is 3.92. The largest absolute Gasteiger partial charge is 0.0651 e. The van der Waals surface area contributed by atoms with Crippen LogP contribution in [0.25, 0.3) is 0 Å². The lowest BCUT2D eigenvalue weighted by Crippen LogP contribution is -1.94. The molecule has 0 spiro atoms. The van der Waals surface area contributed by atoms with Gasteiger partial charge in [0.2, 0.25) is 0 Å². The molecule has 2 fully saturated rings. The predicted molar refractivity (Wildman–Crippen MR) is 34.6 cm³/mol. The van der Waals surface area contributed by atoms with Crippen LogP contribution in [-0.2, 0) is 0 Å². The molecule has 0 nitrogen and oxygen atoms in total. The zero-order chi connectivity index (χ0) is 5.56. The number of rotatable bonds is 1. The fourth-order valence-electron chi connectivity index (χ4n) is 2.33. The number of hydrogen-bond acceptors (Lipinski definition) is 0. The Labute approximate surface area is 51.3 Å². The van der Waals surface area contributed by atoms with Gasteiger partial charge in [0.1, 0.15) is 0 Å². The Morgan fingerprint density at radius 2 is 2.25 bits per heavy atom. The summed E-state index contributed by atoms with van der Waals surface area (Å²) < 4.78 is 0. The average Bonchev–Trinajstić information content (AvgIpc) is 2.46. The molecule has 2 aliphatic rings. The summed E-state index contributed by atoms with van der Waals surface area (Å²) >= 11 is 0. The van der Waals surface area contributed by atoms with Crippen molar-refractivity contribution in [1.82, 2.24) is 0 Å². The molecule has 0 bridgehead atoms. The first-order chi connectivity index (χ1) is 3.92. The predicted octanol–water partition coefficient (Wildman–Crippen LogP) is 2.44. The van der Waals surface area contributed by atoms with E-state index in [1.54, 1.807) is 19.3 Å². The van der Waals surface area contributed by atoms with Gasteiger partial charge in [-0.25, -0.2) is 0 Å². The van der Waals surface area contributed by atoms with Crippen LogP contribution in [0.5, 0.6) is 0 Å². The van der Waals surface area contributed by atoms with E-state index in [0.717, 1.165) is 5.92 Å². The van der Waals surface area contributed by atoms with Gasteiger partial charge in [0.15, 0.2) is 0 Å². The van der Waals surface area contributed by atoms with Gasteiger partial charge in [-0.2, -0.15) is 0 Å². The Balaban J connectivity index is 1.97. The molecule has 0 aromatic carbocycles. The van der Waals surface area contributed by atoms with E-state index >= 15 is 0 Å². The SMILES string of the molecule is CC[C@H]1CC[C@H]2C[C@@H]12. The van der Waals surface area contributed by atoms with E-state index in [1.165, 1.54) is 18.3 Å². The van der Waals surface area contributed by atoms with Crippen LogP contribution in [0.4, 0.5) is 0 Å². The van der Waals surface area contributed by atoms with E-state index < -0.39 is 0 Å². The lowest BCUT2D eigenvalue weighted by molar-refractivity contribution is 0.465. The van der Waals surface area contributed by atoms with Crippen molar-refractivity contribution in [3.63, 3.8) is 0 Å². The Bertz CT molecular complexity index is 96.2. The topological polar surface area (TPSA) is 0 Å². The Kier molecular flexibility index (Phi) is 0.902. The first kappa shape index (κ1) is 4.84. The van der Waals surface area contributed by atoms with Crippen LogP contribution in [0.1, 0.15) is 32.6 Å². The normalized spacial score (nSPS) is 51.4. The summed E-state index contributed by atoms with van der Waals surface area (Å²) in [5, 5.41) is 0. The lowest BCUT2D eigenvalue weighted by Gasteiger charge is -2.04. The van der Waals surface area contributed by atoms with Gasteiger partial charge >= 0.3 is 0 Å². The molecule has 46 valence electrons. The van der Waals surface area contributed by atoms with Crippen molar-refractivity contribution in [3.05, 3.63) is 0 Å². The highest BCUT2D eigenvalue weighted by molar-refractivity contribution is 4.96. The highest BCUT2D eigenvalue weighted by Gasteiger charge is 2.46. The van der Waals surface area contributed by atoms with Crippen LogP contribution in [0.2, 0.25) is 0 Å². The number of hydrogen-bond donors (Lipinski definition) is 0. The van der Waals surface area contributed by atoms with Crippen LogP contribution < -0.4 is 0 Å². The molecule has 0 heteroatoms. The van der Waals surface area contributed by atoms with Gasteiger partial charge in [0, 0.05) is 0 Å². The minimum atomic E-state index is 1.14. The molecule has 0 aromatic heterocycles. The Morgan fingerprint density at radius 1 is 1.38 bits per heavy atom. The molecule has 0 radical (unpaired) electrons. The minimum Gasteiger partial charge on any atom is -0.0651 e. The summed E-state index contributed by atoms with van der Waals surface area (Å²) in [5.41, 5.74) is 0. The molecule has 0 unspecified atom stereocenters. The Hall–Kier alpha value is 0. The summed E-state index contributed by atoms with van der Waals surface area (Å²) in [4.78, 5) is 0. The van der Waals surface area contributed by atoms with Gasteiger partial charge in [-0.05, 0) is 37.0 Å². The maximum absolute atomic E-state index is 2.34. The van der Waals surface area contributed by atoms with Gasteiger partial charge in [-0.1, -0.05) is 13.3 Å². The van der Waals surface area contributed by atoms with Crippen molar-refractivity contribution in [2.24, 2.45) is 17.8 Å². The molecule has 0 N–H and O–H groups in total. The average molecular weight is 110 g/mol. The summed E-state index contributed by atoms with van der Waals surface area (Å²) in [7, 11) is 0. The third-order valence-corrected chi connectivity index (χ3v) is 3.02. The second-order valence-corrected chi connectivity index (χ2v) is 3.41. The van der Waals surface area contributed by atoms with Crippen molar-refractivity contribution in [2.45, 2.75) is 32.6 Å². The van der Waals surface area contributed by atoms with Crippen LogP contribution in [0.3, 0.4) is 0 Å². The standard InChI is InChI=1S/C8H14/c1-2-6-3-4-7-5-8(6)7/h6-8H,2-5H2,1H3/t6-,7-,8-/m0/s1.